The first-order valence-corrected chi connectivity index (χ1v) is 3.54. The number of ketones is 1. The summed E-state index contributed by atoms with van der Waals surface area (Å²) in [4.78, 5) is 11.1. The number of phenols is 1. The highest BCUT2D eigenvalue weighted by molar-refractivity contribution is 6.16. The highest BCUT2D eigenvalue weighted by Crippen LogP contribution is 2.32. The van der Waals surface area contributed by atoms with Crippen molar-refractivity contribution < 1.29 is 9.90 Å². The van der Waals surface area contributed by atoms with Crippen LogP contribution in [0.25, 0.3) is 6.08 Å². The first-order chi connectivity index (χ1) is 5.70. The number of nitrogens with two attached hydrogens (primary N) is 1. The maximum absolute atomic E-state index is 11.1. The van der Waals surface area contributed by atoms with Crippen LogP contribution in [-0.4, -0.2) is 10.9 Å². The Labute approximate surface area is 69.1 Å². The Balaban J connectivity index is 2.76. The molecule has 0 aromatic heterocycles. The quantitative estimate of drug-likeness (QED) is 0.443. The van der Waals surface area contributed by atoms with Crippen molar-refractivity contribution in [2.24, 2.45) is 0 Å². The van der Waals surface area contributed by atoms with E-state index in [0.29, 0.717) is 5.56 Å². The average Bonchev–Trinajstić information content (AvgIpc) is 2.41. The van der Waals surface area contributed by atoms with E-state index in [-0.39, 0.29) is 17.2 Å². The molecule has 3 N–H and O–H groups in total. The van der Waals surface area contributed by atoms with Gasteiger partial charge in [-0.3, -0.25) is 4.79 Å². The van der Waals surface area contributed by atoms with Gasteiger partial charge in [-0.15, -0.1) is 0 Å². The number of nitrogen functional groups attached to an aromatic ring is 1. The van der Waals surface area contributed by atoms with Crippen LogP contribution in [0, 0.1) is 0 Å². The number of hydrogen-bond donors (Lipinski definition) is 2. The van der Waals surface area contributed by atoms with Gasteiger partial charge in [-0.2, -0.15) is 0 Å². The van der Waals surface area contributed by atoms with Gasteiger partial charge in [0.05, 0.1) is 11.3 Å². The van der Waals surface area contributed by atoms with Crippen LogP contribution >= 0.6 is 0 Å². The lowest BCUT2D eigenvalue weighted by atomic mass is 10.1. The van der Waals surface area contributed by atoms with Gasteiger partial charge < -0.3 is 10.8 Å². The van der Waals surface area contributed by atoms with Crippen molar-refractivity contribution in [3.05, 3.63) is 29.3 Å². The fraction of sp³-hybridized carbons (Fsp3) is 0. The Kier molecular flexibility index (Phi) is 1.21. The number of phenolic OH excluding ortho intramolecular Hbond substituents is 1. The van der Waals surface area contributed by atoms with E-state index < -0.39 is 0 Å². The minimum Gasteiger partial charge on any atom is -0.505 e. The fourth-order valence-corrected chi connectivity index (χ4v) is 1.27. The summed E-state index contributed by atoms with van der Waals surface area (Å²) in [5, 5.41) is 9.40. The minimum atomic E-state index is -0.185. The summed E-state index contributed by atoms with van der Waals surface area (Å²) < 4.78 is 0. The van der Waals surface area contributed by atoms with Crippen LogP contribution in [0.15, 0.2) is 18.2 Å². The lowest BCUT2D eigenvalue weighted by molar-refractivity contribution is 0.104. The van der Waals surface area contributed by atoms with E-state index in [1.165, 1.54) is 6.08 Å². The molecule has 2 rings (SSSR count). The van der Waals surface area contributed by atoms with Crippen LogP contribution in [0.5, 0.6) is 5.75 Å². The summed E-state index contributed by atoms with van der Waals surface area (Å²) in [5.41, 5.74) is 6.71. The number of aromatic hydroxyl groups is 1. The van der Waals surface area contributed by atoms with Crippen molar-refractivity contribution in [3.63, 3.8) is 0 Å². The number of carbonyl (C=O) groups excluding carboxylic acids is 1. The lowest BCUT2D eigenvalue weighted by Gasteiger charge is -2.03. The summed E-state index contributed by atoms with van der Waals surface area (Å²) in [6, 6.07) is 3.29. The molecule has 1 aromatic carbocycles. The third-order valence-corrected chi connectivity index (χ3v) is 1.90. The van der Waals surface area contributed by atoms with Crippen molar-refractivity contribution in [2.75, 3.05) is 5.73 Å². The topological polar surface area (TPSA) is 63.3 Å². The predicted molar refractivity (Wildman–Crippen MR) is 45.9 cm³/mol. The van der Waals surface area contributed by atoms with Gasteiger partial charge >= 0.3 is 0 Å². The van der Waals surface area contributed by atoms with Crippen molar-refractivity contribution in [1.29, 1.82) is 0 Å². The van der Waals surface area contributed by atoms with E-state index in [1.807, 2.05) is 0 Å². The number of carbonyl (C=O) groups is 1. The SMILES string of the molecule is Nc1ccc2c(c1O)C(=O)C=C2. The summed E-state index contributed by atoms with van der Waals surface area (Å²) in [6.45, 7) is 0. The zero-order chi connectivity index (χ0) is 8.72. The standard InChI is InChI=1S/C9H7NO2/c10-6-3-1-5-2-4-7(11)8(5)9(6)12/h1-4,12H,10H2. The molecule has 3 nitrogen and oxygen atoms in total. The number of benzene rings is 1. The molecule has 0 aliphatic heterocycles. The van der Waals surface area contributed by atoms with Crippen molar-refractivity contribution >= 4 is 17.5 Å². The summed E-state index contributed by atoms with van der Waals surface area (Å²) in [7, 11) is 0. The number of allylic oxidation sites excluding steroid dienone is 1. The van der Waals surface area contributed by atoms with Crippen LogP contribution < -0.4 is 5.73 Å². The molecule has 0 saturated heterocycles. The smallest absolute Gasteiger partial charge is 0.190 e. The zero-order valence-corrected chi connectivity index (χ0v) is 6.24. The summed E-state index contributed by atoms with van der Waals surface area (Å²) in [5.74, 6) is -0.294. The highest BCUT2D eigenvalue weighted by atomic mass is 16.3. The third-order valence-electron chi connectivity index (χ3n) is 1.90. The van der Waals surface area contributed by atoms with Crippen molar-refractivity contribution in [2.45, 2.75) is 0 Å². The van der Waals surface area contributed by atoms with E-state index in [9.17, 15) is 9.90 Å². The summed E-state index contributed by atoms with van der Waals surface area (Å²) in [6.07, 6.45) is 3.08. The maximum Gasteiger partial charge on any atom is 0.190 e. The predicted octanol–water partition coefficient (Wildman–Crippen LogP) is 1.18. The molecular weight excluding hydrogens is 154 g/mol. The lowest BCUT2D eigenvalue weighted by Crippen LogP contribution is -1.95. The van der Waals surface area contributed by atoms with Crippen LogP contribution in [-0.2, 0) is 0 Å². The van der Waals surface area contributed by atoms with Crippen molar-refractivity contribution in [3.8, 4) is 5.75 Å². The van der Waals surface area contributed by atoms with E-state index in [1.54, 1.807) is 18.2 Å². The van der Waals surface area contributed by atoms with E-state index in [0.717, 1.165) is 5.56 Å². The Bertz CT molecular complexity index is 394. The fourth-order valence-electron chi connectivity index (χ4n) is 1.27. The molecule has 0 amide bonds. The zero-order valence-electron chi connectivity index (χ0n) is 6.24. The monoisotopic (exact) mass is 161 g/mol. The Hall–Kier alpha value is -1.77. The number of hydrogen-bond acceptors (Lipinski definition) is 3. The van der Waals surface area contributed by atoms with Crippen LogP contribution in [0.4, 0.5) is 5.69 Å². The molecule has 1 aromatic rings. The molecule has 3 heteroatoms. The molecule has 0 saturated carbocycles. The second-order valence-corrected chi connectivity index (χ2v) is 2.67. The van der Waals surface area contributed by atoms with Gasteiger partial charge in [0.2, 0.25) is 0 Å². The van der Waals surface area contributed by atoms with E-state index in [2.05, 4.69) is 0 Å². The number of rotatable bonds is 0. The minimum absolute atomic E-state index is 0.109. The molecule has 1 aliphatic rings. The molecule has 0 unspecified atom stereocenters. The largest absolute Gasteiger partial charge is 0.505 e. The molecule has 0 atom stereocenters. The average molecular weight is 161 g/mol. The van der Waals surface area contributed by atoms with Gasteiger partial charge in [0.1, 0.15) is 5.75 Å². The number of anilines is 1. The molecular formula is C9H7NO2. The van der Waals surface area contributed by atoms with Gasteiger partial charge in [0, 0.05) is 0 Å². The molecule has 0 bridgehead atoms. The number of fused-ring (bicyclic) bond motifs is 1. The second kappa shape index (κ2) is 2.11. The van der Waals surface area contributed by atoms with Crippen molar-refractivity contribution in [1.82, 2.24) is 0 Å². The van der Waals surface area contributed by atoms with Crippen LogP contribution in [0.2, 0.25) is 0 Å². The molecule has 0 heterocycles. The summed E-state index contributed by atoms with van der Waals surface area (Å²) >= 11 is 0. The molecule has 0 radical (unpaired) electrons. The first-order valence-electron chi connectivity index (χ1n) is 3.54. The Morgan fingerprint density at radius 3 is 2.75 bits per heavy atom. The Morgan fingerprint density at radius 2 is 2.00 bits per heavy atom. The second-order valence-electron chi connectivity index (χ2n) is 2.67. The maximum atomic E-state index is 11.1. The van der Waals surface area contributed by atoms with Gasteiger partial charge in [-0.25, -0.2) is 0 Å². The highest BCUT2D eigenvalue weighted by Gasteiger charge is 2.19. The third kappa shape index (κ3) is 0.733. The molecule has 0 spiro atoms. The first kappa shape index (κ1) is 6.91. The molecule has 60 valence electrons. The van der Waals surface area contributed by atoms with Gasteiger partial charge in [-0.05, 0) is 17.7 Å². The van der Waals surface area contributed by atoms with Crippen LogP contribution in [0.3, 0.4) is 0 Å². The molecule has 0 fully saturated rings. The van der Waals surface area contributed by atoms with Crippen LogP contribution in [0.1, 0.15) is 15.9 Å². The van der Waals surface area contributed by atoms with Gasteiger partial charge in [-0.1, -0.05) is 12.1 Å². The molecule has 12 heavy (non-hydrogen) atoms. The molecule has 1 aliphatic carbocycles. The van der Waals surface area contributed by atoms with Gasteiger partial charge in [0.25, 0.3) is 0 Å². The van der Waals surface area contributed by atoms with Gasteiger partial charge in [0.15, 0.2) is 5.78 Å². The van der Waals surface area contributed by atoms with E-state index >= 15 is 0 Å². The van der Waals surface area contributed by atoms with E-state index in [4.69, 9.17) is 5.73 Å². The Morgan fingerprint density at radius 1 is 1.25 bits per heavy atom. The normalized spacial score (nSPS) is 13.5.